The third kappa shape index (κ3) is 6.72. The van der Waals surface area contributed by atoms with Crippen molar-refractivity contribution in [3.05, 3.63) is 28.2 Å². The molecule has 0 fully saturated rings. The molecule has 22 heavy (non-hydrogen) atoms. The van der Waals surface area contributed by atoms with Gasteiger partial charge in [-0.3, -0.25) is 10.1 Å². The van der Waals surface area contributed by atoms with Crippen LogP contribution in [0.3, 0.4) is 0 Å². The first-order valence-corrected chi connectivity index (χ1v) is 8.19. The quantitative estimate of drug-likeness (QED) is 0.653. The zero-order valence-electron chi connectivity index (χ0n) is 12.9. The zero-order valence-corrected chi connectivity index (χ0v) is 15.3. The maximum absolute atomic E-state index is 12.1. The SMILES string of the molecule is CC(C)COc1ccc(C(=O)NC(=S)NCC(C)O)cc1Br. The number of benzene rings is 1. The van der Waals surface area contributed by atoms with Gasteiger partial charge in [0.2, 0.25) is 0 Å². The van der Waals surface area contributed by atoms with Crippen molar-refractivity contribution >= 4 is 39.2 Å². The average Bonchev–Trinajstić information content (AvgIpc) is 2.43. The third-order valence-electron chi connectivity index (χ3n) is 2.55. The second-order valence-corrected chi connectivity index (χ2v) is 6.63. The molecule has 3 N–H and O–H groups in total. The predicted octanol–water partition coefficient (Wildman–Crippen LogP) is 2.47. The van der Waals surface area contributed by atoms with Crippen molar-refractivity contribution < 1.29 is 14.6 Å². The number of thiocarbonyl (C=S) groups is 1. The van der Waals surface area contributed by atoms with Crippen LogP contribution in [0.2, 0.25) is 0 Å². The number of carbonyl (C=O) groups is 1. The summed E-state index contributed by atoms with van der Waals surface area (Å²) < 4.78 is 6.35. The molecule has 0 spiro atoms. The Morgan fingerprint density at radius 1 is 1.41 bits per heavy atom. The van der Waals surface area contributed by atoms with Crippen LogP contribution in [0.1, 0.15) is 31.1 Å². The standard InChI is InChI=1S/C15H21BrN2O3S/c1-9(2)8-21-13-5-4-11(6-12(13)16)14(20)18-15(22)17-7-10(3)19/h4-6,9-10,19H,7-8H2,1-3H3,(H2,17,18,20,22). The molecular formula is C15H21BrN2O3S. The predicted molar refractivity (Wildman–Crippen MR) is 94.2 cm³/mol. The van der Waals surface area contributed by atoms with Crippen LogP contribution in [-0.4, -0.2) is 35.4 Å². The first-order chi connectivity index (χ1) is 10.3. The van der Waals surface area contributed by atoms with Crippen molar-refractivity contribution in [1.82, 2.24) is 10.6 Å². The van der Waals surface area contributed by atoms with E-state index in [0.717, 1.165) is 0 Å². The molecule has 1 aromatic rings. The lowest BCUT2D eigenvalue weighted by Crippen LogP contribution is -2.41. The Labute approximate surface area is 144 Å². The smallest absolute Gasteiger partial charge is 0.257 e. The molecule has 1 atom stereocenters. The molecule has 7 heteroatoms. The number of aliphatic hydroxyl groups excluding tert-OH is 1. The van der Waals surface area contributed by atoms with Gasteiger partial charge in [0.15, 0.2) is 5.11 Å². The molecule has 0 aliphatic heterocycles. The number of aliphatic hydroxyl groups is 1. The molecule has 0 aromatic heterocycles. The van der Waals surface area contributed by atoms with Crippen LogP contribution < -0.4 is 15.4 Å². The summed E-state index contributed by atoms with van der Waals surface area (Å²) in [6.07, 6.45) is -0.540. The molecule has 1 amide bonds. The summed E-state index contributed by atoms with van der Waals surface area (Å²) in [4.78, 5) is 12.1. The number of rotatable bonds is 6. The Hall–Kier alpha value is -1.18. The van der Waals surface area contributed by atoms with E-state index in [1.807, 2.05) is 0 Å². The molecule has 0 aliphatic rings. The van der Waals surface area contributed by atoms with Crippen molar-refractivity contribution in [3.8, 4) is 5.75 Å². The van der Waals surface area contributed by atoms with E-state index in [1.54, 1.807) is 25.1 Å². The van der Waals surface area contributed by atoms with E-state index in [9.17, 15) is 4.79 Å². The first-order valence-electron chi connectivity index (χ1n) is 6.99. The van der Waals surface area contributed by atoms with Crippen LogP contribution in [0.15, 0.2) is 22.7 Å². The lowest BCUT2D eigenvalue weighted by atomic mass is 10.2. The van der Waals surface area contributed by atoms with E-state index in [0.29, 0.717) is 28.3 Å². The minimum absolute atomic E-state index is 0.183. The number of amides is 1. The van der Waals surface area contributed by atoms with Gasteiger partial charge in [-0.15, -0.1) is 0 Å². The minimum atomic E-state index is -0.540. The fourth-order valence-electron chi connectivity index (χ4n) is 1.48. The average molecular weight is 389 g/mol. The Balaban J connectivity index is 2.63. The topological polar surface area (TPSA) is 70.6 Å². The number of ether oxygens (including phenoxy) is 1. The van der Waals surface area contributed by atoms with Crippen molar-refractivity contribution in [2.45, 2.75) is 26.9 Å². The number of hydrogen-bond donors (Lipinski definition) is 3. The van der Waals surface area contributed by atoms with Crippen LogP contribution in [0, 0.1) is 5.92 Å². The Bertz CT molecular complexity index is 536. The van der Waals surface area contributed by atoms with Crippen molar-refractivity contribution in [1.29, 1.82) is 0 Å². The summed E-state index contributed by atoms with van der Waals surface area (Å²) in [6, 6.07) is 5.10. The van der Waals surface area contributed by atoms with E-state index in [1.165, 1.54) is 0 Å². The Morgan fingerprint density at radius 3 is 2.64 bits per heavy atom. The third-order valence-corrected chi connectivity index (χ3v) is 3.42. The monoisotopic (exact) mass is 388 g/mol. The van der Waals surface area contributed by atoms with E-state index < -0.39 is 6.10 Å². The molecule has 0 aliphatic carbocycles. The highest BCUT2D eigenvalue weighted by Crippen LogP contribution is 2.26. The normalized spacial score (nSPS) is 11.9. The first kappa shape index (κ1) is 18.9. The summed E-state index contributed by atoms with van der Waals surface area (Å²) in [6.45, 7) is 6.65. The van der Waals surface area contributed by atoms with Crippen LogP contribution in [-0.2, 0) is 0 Å². The summed E-state index contributed by atoms with van der Waals surface area (Å²) in [7, 11) is 0. The van der Waals surface area contributed by atoms with Crippen LogP contribution >= 0.6 is 28.1 Å². The van der Waals surface area contributed by atoms with Crippen LogP contribution in [0.4, 0.5) is 0 Å². The highest BCUT2D eigenvalue weighted by molar-refractivity contribution is 9.10. The summed E-state index contributed by atoms with van der Waals surface area (Å²) in [5.74, 6) is 0.798. The van der Waals surface area contributed by atoms with Crippen LogP contribution in [0.25, 0.3) is 0 Å². The Kier molecular flexibility index (Phi) is 7.78. The number of halogens is 1. The maximum atomic E-state index is 12.1. The molecule has 5 nitrogen and oxygen atoms in total. The van der Waals surface area contributed by atoms with Crippen LogP contribution in [0.5, 0.6) is 5.75 Å². The second kappa shape index (κ2) is 9.07. The molecule has 1 unspecified atom stereocenters. The molecule has 0 bridgehead atoms. The zero-order chi connectivity index (χ0) is 16.7. The van der Waals surface area contributed by atoms with E-state index in [4.69, 9.17) is 22.1 Å². The fraction of sp³-hybridized carbons (Fsp3) is 0.467. The lowest BCUT2D eigenvalue weighted by Gasteiger charge is -2.13. The van der Waals surface area contributed by atoms with Gasteiger partial charge in [-0.2, -0.15) is 0 Å². The summed E-state index contributed by atoms with van der Waals surface area (Å²) in [5, 5.41) is 14.6. The number of carbonyl (C=O) groups excluding carboxylic acids is 1. The van der Waals surface area contributed by atoms with Gasteiger partial charge in [0, 0.05) is 12.1 Å². The van der Waals surface area contributed by atoms with Crippen molar-refractivity contribution in [2.24, 2.45) is 5.92 Å². The highest BCUT2D eigenvalue weighted by Gasteiger charge is 2.11. The van der Waals surface area contributed by atoms with Gasteiger partial charge in [-0.25, -0.2) is 0 Å². The van der Waals surface area contributed by atoms with Crippen molar-refractivity contribution in [2.75, 3.05) is 13.2 Å². The molecule has 0 heterocycles. The molecule has 1 rings (SSSR count). The van der Waals surface area contributed by atoms with Gasteiger partial charge < -0.3 is 15.2 Å². The highest BCUT2D eigenvalue weighted by atomic mass is 79.9. The van der Waals surface area contributed by atoms with Gasteiger partial charge in [-0.05, 0) is 59.2 Å². The maximum Gasteiger partial charge on any atom is 0.257 e. The Morgan fingerprint density at radius 2 is 2.09 bits per heavy atom. The van der Waals surface area contributed by atoms with E-state index in [-0.39, 0.29) is 17.6 Å². The van der Waals surface area contributed by atoms with Gasteiger partial charge >= 0.3 is 0 Å². The molecule has 0 radical (unpaired) electrons. The number of hydrogen-bond acceptors (Lipinski definition) is 4. The molecular weight excluding hydrogens is 368 g/mol. The van der Waals surface area contributed by atoms with E-state index in [2.05, 4.69) is 40.4 Å². The van der Waals surface area contributed by atoms with Crippen molar-refractivity contribution in [3.63, 3.8) is 0 Å². The van der Waals surface area contributed by atoms with Gasteiger partial charge in [-0.1, -0.05) is 13.8 Å². The minimum Gasteiger partial charge on any atom is -0.492 e. The van der Waals surface area contributed by atoms with E-state index >= 15 is 0 Å². The van der Waals surface area contributed by atoms with Gasteiger partial charge in [0.25, 0.3) is 5.91 Å². The fourth-order valence-corrected chi connectivity index (χ4v) is 2.14. The number of nitrogens with one attached hydrogen (secondary N) is 2. The molecule has 0 saturated heterocycles. The summed E-state index contributed by atoms with van der Waals surface area (Å²) >= 11 is 8.38. The largest absolute Gasteiger partial charge is 0.492 e. The molecule has 122 valence electrons. The van der Waals surface area contributed by atoms with Gasteiger partial charge in [0.05, 0.1) is 17.2 Å². The second-order valence-electron chi connectivity index (χ2n) is 5.36. The molecule has 1 aromatic carbocycles. The summed E-state index contributed by atoms with van der Waals surface area (Å²) in [5.41, 5.74) is 0.463. The van der Waals surface area contributed by atoms with Gasteiger partial charge in [0.1, 0.15) is 5.75 Å². The molecule has 0 saturated carbocycles. The lowest BCUT2D eigenvalue weighted by molar-refractivity contribution is 0.0976.